The molecule has 2 N–H and O–H groups in total. The number of phenols is 1. The van der Waals surface area contributed by atoms with Gasteiger partial charge in [-0.25, -0.2) is 9.69 Å². The largest absolute Gasteiger partial charge is 0.504 e. The summed E-state index contributed by atoms with van der Waals surface area (Å²) in [5, 5.41) is 12.3. The Kier molecular flexibility index (Phi) is 6.18. The van der Waals surface area contributed by atoms with Gasteiger partial charge in [0, 0.05) is 13.1 Å². The fourth-order valence-electron chi connectivity index (χ4n) is 3.33. The van der Waals surface area contributed by atoms with E-state index in [0.29, 0.717) is 31.0 Å². The monoisotopic (exact) mass is 387 g/mol. The minimum Gasteiger partial charge on any atom is -0.504 e. The van der Waals surface area contributed by atoms with E-state index >= 15 is 0 Å². The number of carbonyl (C=O) groups is 3. The second-order valence-corrected chi connectivity index (χ2v) is 6.83. The second kappa shape index (κ2) is 8.77. The van der Waals surface area contributed by atoms with Crippen molar-refractivity contribution in [3.63, 3.8) is 0 Å². The van der Waals surface area contributed by atoms with Crippen molar-refractivity contribution in [2.45, 2.75) is 32.6 Å². The highest BCUT2D eigenvalue weighted by Crippen LogP contribution is 2.28. The van der Waals surface area contributed by atoms with Crippen LogP contribution in [0.15, 0.2) is 23.9 Å². The molecule has 8 heteroatoms. The second-order valence-electron chi connectivity index (χ2n) is 6.83. The van der Waals surface area contributed by atoms with E-state index in [1.807, 2.05) is 0 Å². The maximum atomic E-state index is 12.6. The van der Waals surface area contributed by atoms with Gasteiger partial charge >= 0.3 is 6.03 Å². The molecule has 0 atom stereocenters. The zero-order valence-corrected chi connectivity index (χ0v) is 15.9. The number of benzene rings is 1. The maximum Gasteiger partial charge on any atom is 0.329 e. The molecule has 2 aliphatic rings. The van der Waals surface area contributed by atoms with Crippen LogP contribution >= 0.6 is 0 Å². The van der Waals surface area contributed by atoms with E-state index in [9.17, 15) is 19.5 Å². The lowest BCUT2D eigenvalue weighted by molar-refractivity contribution is -0.135. The molecular weight excluding hydrogens is 362 g/mol. The van der Waals surface area contributed by atoms with Crippen molar-refractivity contribution in [3.8, 4) is 11.5 Å². The summed E-state index contributed by atoms with van der Waals surface area (Å²) in [6.45, 7) is 3.25. The predicted molar refractivity (Wildman–Crippen MR) is 103 cm³/mol. The summed E-state index contributed by atoms with van der Waals surface area (Å²) in [7, 11) is 0. The number of rotatable bonds is 5. The molecule has 0 radical (unpaired) electrons. The van der Waals surface area contributed by atoms with Gasteiger partial charge in [0.05, 0.1) is 6.61 Å². The van der Waals surface area contributed by atoms with Gasteiger partial charge in [-0.3, -0.25) is 9.59 Å². The highest BCUT2D eigenvalue weighted by molar-refractivity contribution is 6.15. The highest BCUT2D eigenvalue weighted by atomic mass is 16.5. The summed E-state index contributed by atoms with van der Waals surface area (Å²) in [4.78, 5) is 40.0. The molecule has 2 aliphatic heterocycles. The quantitative estimate of drug-likeness (QED) is 0.595. The third kappa shape index (κ3) is 4.44. The van der Waals surface area contributed by atoms with Crippen LogP contribution < -0.4 is 10.1 Å². The van der Waals surface area contributed by atoms with Crippen LogP contribution in [0.5, 0.6) is 11.5 Å². The first-order chi connectivity index (χ1) is 13.5. The van der Waals surface area contributed by atoms with Gasteiger partial charge in [0.1, 0.15) is 12.2 Å². The smallest absolute Gasteiger partial charge is 0.329 e. The standard InChI is InChI=1S/C20H25N3O5/c1-2-28-17-12-14(7-8-16(17)24)11-15-19(26)23(20(27)21-15)13-18(25)22-9-5-3-4-6-10-22/h7-8,11-12,24H,2-6,9-10,13H2,1H3,(H,21,27)/b15-11-. The number of likely N-dealkylation sites (tertiary alicyclic amines) is 1. The third-order valence-electron chi connectivity index (χ3n) is 4.81. The lowest BCUT2D eigenvalue weighted by atomic mass is 10.1. The number of phenolic OH excluding ortho intramolecular Hbond substituents is 1. The first-order valence-corrected chi connectivity index (χ1v) is 9.57. The van der Waals surface area contributed by atoms with E-state index in [1.54, 1.807) is 24.0 Å². The van der Waals surface area contributed by atoms with Crippen LogP contribution in [-0.4, -0.2) is 59.0 Å². The van der Waals surface area contributed by atoms with Gasteiger partial charge in [0.25, 0.3) is 5.91 Å². The molecule has 0 aliphatic carbocycles. The Morgan fingerprint density at radius 2 is 1.93 bits per heavy atom. The molecule has 2 saturated heterocycles. The molecule has 0 saturated carbocycles. The summed E-state index contributed by atoms with van der Waals surface area (Å²) >= 11 is 0. The van der Waals surface area contributed by atoms with Crippen LogP contribution in [0.25, 0.3) is 6.08 Å². The predicted octanol–water partition coefficient (Wildman–Crippen LogP) is 2.09. The number of nitrogens with zero attached hydrogens (tertiary/aromatic N) is 2. The van der Waals surface area contributed by atoms with Gasteiger partial charge in [-0.05, 0) is 43.5 Å². The molecular formula is C20H25N3O5. The van der Waals surface area contributed by atoms with E-state index in [4.69, 9.17) is 4.74 Å². The van der Waals surface area contributed by atoms with Gasteiger partial charge < -0.3 is 20.1 Å². The van der Waals surface area contributed by atoms with Crippen molar-refractivity contribution < 1.29 is 24.2 Å². The van der Waals surface area contributed by atoms with Gasteiger partial charge in [-0.15, -0.1) is 0 Å². The first kappa shape index (κ1) is 19.7. The lowest BCUT2D eigenvalue weighted by Crippen LogP contribution is -2.43. The maximum absolute atomic E-state index is 12.6. The molecule has 150 valence electrons. The molecule has 1 aromatic rings. The van der Waals surface area contributed by atoms with E-state index in [1.165, 1.54) is 12.1 Å². The first-order valence-electron chi connectivity index (χ1n) is 9.57. The SMILES string of the molecule is CCOc1cc(/C=C2\NC(=O)N(CC(=O)N3CCCCCC3)C2=O)ccc1O. The summed E-state index contributed by atoms with van der Waals surface area (Å²) in [5.41, 5.74) is 0.674. The van der Waals surface area contributed by atoms with Gasteiger partial charge in [-0.2, -0.15) is 0 Å². The number of carbonyl (C=O) groups excluding carboxylic acids is 3. The molecule has 3 rings (SSSR count). The number of hydrogen-bond acceptors (Lipinski definition) is 5. The van der Waals surface area contributed by atoms with Crippen molar-refractivity contribution in [2.75, 3.05) is 26.2 Å². The van der Waals surface area contributed by atoms with E-state index in [0.717, 1.165) is 30.6 Å². The zero-order valence-electron chi connectivity index (χ0n) is 15.9. The number of aromatic hydroxyl groups is 1. The molecule has 0 spiro atoms. The van der Waals surface area contributed by atoms with Crippen LogP contribution in [0.3, 0.4) is 0 Å². The molecule has 8 nitrogen and oxygen atoms in total. The van der Waals surface area contributed by atoms with E-state index in [-0.39, 0.29) is 23.9 Å². The normalized spacial score (nSPS) is 19.0. The van der Waals surface area contributed by atoms with Crippen LogP contribution in [-0.2, 0) is 9.59 Å². The number of amides is 4. The molecule has 28 heavy (non-hydrogen) atoms. The Bertz CT molecular complexity index is 797. The average molecular weight is 387 g/mol. The molecule has 2 fully saturated rings. The van der Waals surface area contributed by atoms with Gasteiger partial charge in [0.15, 0.2) is 11.5 Å². The van der Waals surface area contributed by atoms with Crippen molar-refractivity contribution in [2.24, 2.45) is 0 Å². The molecule has 4 amide bonds. The van der Waals surface area contributed by atoms with Crippen LogP contribution in [0, 0.1) is 0 Å². The van der Waals surface area contributed by atoms with Crippen LogP contribution in [0.1, 0.15) is 38.2 Å². The Morgan fingerprint density at radius 1 is 1.21 bits per heavy atom. The Hall–Kier alpha value is -3.03. The lowest BCUT2D eigenvalue weighted by Gasteiger charge is -2.22. The van der Waals surface area contributed by atoms with E-state index < -0.39 is 11.9 Å². The van der Waals surface area contributed by atoms with Crippen LogP contribution in [0.4, 0.5) is 4.79 Å². The summed E-state index contributed by atoms with van der Waals surface area (Å²) in [6.07, 6.45) is 5.57. The van der Waals surface area contributed by atoms with Crippen molar-refractivity contribution in [1.82, 2.24) is 15.1 Å². The van der Waals surface area contributed by atoms with Crippen molar-refractivity contribution in [3.05, 3.63) is 29.5 Å². The summed E-state index contributed by atoms with van der Waals surface area (Å²) in [6, 6.07) is 4.04. The molecule has 0 aromatic heterocycles. The van der Waals surface area contributed by atoms with E-state index in [2.05, 4.69) is 5.32 Å². The highest BCUT2D eigenvalue weighted by Gasteiger charge is 2.35. The van der Waals surface area contributed by atoms with Gasteiger partial charge in [0.2, 0.25) is 5.91 Å². The molecule has 2 heterocycles. The fourth-order valence-corrected chi connectivity index (χ4v) is 3.33. The minimum atomic E-state index is -0.608. The van der Waals surface area contributed by atoms with Crippen LogP contribution in [0.2, 0.25) is 0 Å². The number of hydrogen-bond donors (Lipinski definition) is 2. The number of imide groups is 1. The Labute approximate surface area is 163 Å². The third-order valence-corrected chi connectivity index (χ3v) is 4.81. The fraction of sp³-hybridized carbons (Fsp3) is 0.450. The topological polar surface area (TPSA) is 99.2 Å². The Morgan fingerprint density at radius 3 is 2.61 bits per heavy atom. The number of nitrogens with one attached hydrogen (secondary N) is 1. The average Bonchev–Trinajstić information content (AvgIpc) is 2.88. The summed E-state index contributed by atoms with van der Waals surface area (Å²) in [5.74, 6) is -0.466. The number of ether oxygens (including phenoxy) is 1. The zero-order chi connectivity index (χ0) is 20.1. The summed E-state index contributed by atoms with van der Waals surface area (Å²) < 4.78 is 5.33. The van der Waals surface area contributed by atoms with Crippen molar-refractivity contribution >= 4 is 23.9 Å². The van der Waals surface area contributed by atoms with Gasteiger partial charge in [-0.1, -0.05) is 18.9 Å². The molecule has 0 unspecified atom stereocenters. The van der Waals surface area contributed by atoms with Crippen molar-refractivity contribution in [1.29, 1.82) is 0 Å². The minimum absolute atomic E-state index is 0.00421. The molecule has 0 bridgehead atoms. The number of urea groups is 1. The Balaban J connectivity index is 1.71. The molecule has 1 aromatic carbocycles.